The van der Waals surface area contributed by atoms with E-state index in [2.05, 4.69) is 0 Å². The van der Waals surface area contributed by atoms with Gasteiger partial charge < -0.3 is 29.7 Å². The second-order valence-electron chi connectivity index (χ2n) is 4.42. The predicted molar refractivity (Wildman–Crippen MR) is 65.3 cm³/mol. The second kappa shape index (κ2) is 15.4. The number of hydrogen-bond donors (Lipinski definition) is 0. The number of carbonyl (C=O) groups excluding carboxylic acids is 3. The zero-order chi connectivity index (χ0) is 15.5. The molecule has 0 heterocycles. The van der Waals surface area contributed by atoms with Gasteiger partial charge in [-0.1, -0.05) is 41.5 Å². The first kappa shape index (κ1) is 26.8. The Morgan fingerprint density at radius 1 is 0.579 bits per heavy atom. The van der Waals surface area contributed by atoms with Crippen LogP contribution >= 0.6 is 0 Å². The fourth-order valence-electron chi connectivity index (χ4n) is 0. The third-order valence-corrected chi connectivity index (χ3v) is 1.41. The largest absolute Gasteiger partial charge is 3.00 e. The average molecular weight is 466 g/mol. The maximum Gasteiger partial charge on any atom is 3.00 e. The van der Waals surface area contributed by atoms with Crippen molar-refractivity contribution in [1.29, 1.82) is 0 Å². The van der Waals surface area contributed by atoms with Crippen LogP contribution < -0.4 is 15.3 Å². The molecule has 0 aliphatic rings. The first-order chi connectivity index (χ1) is 7.93. The Labute approximate surface area is 134 Å². The molecule has 7 heteroatoms. The van der Waals surface area contributed by atoms with Crippen molar-refractivity contribution < 1.29 is 29.7 Å². The Kier molecular flexibility index (Phi) is 21.7. The molecule has 0 spiro atoms. The van der Waals surface area contributed by atoms with Gasteiger partial charge in [-0.25, -0.2) is 0 Å². The average Bonchev–Trinajstić information content (AvgIpc) is 2.18. The third-order valence-electron chi connectivity index (χ3n) is 1.41. The van der Waals surface area contributed by atoms with E-state index in [-0.39, 0.29) is 45.1 Å². The van der Waals surface area contributed by atoms with Crippen LogP contribution in [0.1, 0.15) is 41.5 Å². The van der Waals surface area contributed by atoms with E-state index in [9.17, 15) is 29.7 Å². The summed E-state index contributed by atoms with van der Waals surface area (Å²) in [6, 6.07) is 0. The number of carboxylic acids is 3. The van der Waals surface area contributed by atoms with Crippen molar-refractivity contribution in [3.63, 3.8) is 0 Å². The minimum absolute atomic E-state index is 0. The minimum Gasteiger partial charge on any atom is -0.550 e. The summed E-state index contributed by atoms with van der Waals surface area (Å²) in [6.07, 6.45) is 0. The van der Waals surface area contributed by atoms with Crippen molar-refractivity contribution in [1.82, 2.24) is 0 Å². The molecule has 0 unspecified atom stereocenters. The molecule has 6 nitrogen and oxygen atoms in total. The van der Waals surface area contributed by atoms with Crippen LogP contribution in [0.4, 0.5) is 0 Å². The molecule has 0 N–H and O–H groups in total. The van der Waals surface area contributed by atoms with Crippen molar-refractivity contribution in [2.24, 2.45) is 17.8 Å². The van der Waals surface area contributed by atoms with Gasteiger partial charge in [0.1, 0.15) is 0 Å². The summed E-state index contributed by atoms with van der Waals surface area (Å²) in [5.74, 6) is -4.00. The van der Waals surface area contributed by atoms with Gasteiger partial charge in [0.25, 0.3) is 0 Å². The van der Waals surface area contributed by atoms with Gasteiger partial charge in [0.15, 0.2) is 0 Å². The van der Waals surface area contributed by atoms with Crippen molar-refractivity contribution in [2.75, 3.05) is 0 Å². The van der Waals surface area contributed by atoms with Crippen molar-refractivity contribution in [2.45, 2.75) is 41.5 Å². The van der Waals surface area contributed by atoms with Crippen LogP contribution in [0, 0.1) is 17.8 Å². The van der Waals surface area contributed by atoms with Gasteiger partial charge in [-0.15, -0.1) is 0 Å². The summed E-state index contributed by atoms with van der Waals surface area (Å²) >= 11 is 0. The molecule has 0 bridgehead atoms. The van der Waals surface area contributed by atoms with Crippen LogP contribution in [0.2, 0.25) is 0 Å². The number of carboxylic acid groups (broad SMARTS) is 3. The summed E-state index contributed by atoms with van der Waals surface area (Å²) in [7, 11) is 0. The van der Waals surface area contributed by atoms with Crippen LogP contribution in [-0.2, 0) is 14.4 Å². The first-order valence-electron chi connectivity index (χ1n) is 5.55. The van der Waals surface area contributed by atoms with E-state index in [0.29, 0.717) is 0 Å². The molecular weight excluding hydrogens is 445 g/mol. The molecule has 0 aromatic rings. The second-order valence-corrected chi connectivity index (χ2v) is 4.42. The van der Waals surface area contributed by atoms with E-state index in [1.54, 1.807) is 41.5 Å². The number of rotatable bonds is 3. The Bertz CT molecular complexity index is 218. The zero-order valence-corrected chi connectivity index (χ0v) is 16.7. The Morgan fingerprint density at radius 2 is 0.632 bits per heavy atom. The van der Waals surface area contributed by atoms with Gasteiger partial charge in [-0.3, -0.25) is 0 Å². The monoisotopic (exact) mass is 466 g/mol. The van der Waals surface area contributed by atoms with Gasteiger partial charge in [0, 0.05) is 17.9 Å². The molecule has 0 atom stereocenters. The Balaban J connectivity index is -0.0000000865. The summed E-state index contributed by atoms with van der Waals surface area (Å²) < 4.78 is 0. The molecule has 0 fully saturated rings. The molecule has 0 amide bonds. The first-order valence-corrected chi connectivity index (χ1v) is 5.55. The molecule has 0 radical (unpaired) electrons. The smallest absolute Gasteiger partial charge is 0.550 e. The van der Waals surface area contributed by atoms with Gasteiger partial charge in [0.05, 0.1) is 0 Å². The van der Waals surface area contributed by atoms with Crippen LogP contribution in [-0.4, -0.2) is 45.2 Å². The minimum atomic E-state index is -0.991. The Hall–Kier alpha value is -0.668. The Morgan fingerprint density at radius 3 is 0.632 bits per heavy atom. The molecule has 0 aliphatic carbocycles. The van der Waals surface area contributed by atoms with Gasteiger partial charge in [0.2, 0.25) is 0 Å². The molecule has 0 aliphatic heterocycles. The SMILES string of the molecule is CC(C)C(=O)[O-].CC(C)C(=O)[O-].CC(C)C(=O)[O-].[Tl+3]. The standard InChI is InChI=1S/3C4H8O2.Tl/c3*1-3(2)4(5)6;/h3*3H,1-2H3,(H,5,6);/q;;;+3/p-3. The molecule has 0 aromatic carbocycles. The van der Waals surface area contributed by atoms with Crippen LogP contribution in [0.5, 0.6) is 0 Å². The van der Waals surface area contributed by atoms with Crippen LogP contribution in [0.3, 0.4) is 0 Å². The van der Waals surface area contributed by atoms with E-state index in [1.807, 2.05) is 0 Å². The molecule has 0 aromatic heterocycles. The molecule has 0 saturated heterocycles. The molecule has 0 rings (SSSR count). The van der Waals surface area contributed by atoms with Crippen LogP contribution in [0.15, 0.2) is 0 Å². The van der Waals surface area contributed by atoms with Crippen molar-refractivity contribution in [3.8, 4) is 0 Å². The third kappa shape index (κ3) is 31.7. The summed E-state index contributed by atoms with van der Waals surface area (Å²) in [6.45, 7) is 9.47. The summed E-state index contributed by atoms with van der Waals surface area (Å²) in [4.78, 5) is 28.8. The molecule has 0 saturated carbocycles. The number of hydrogen-bond acceptors (Lipinski definition) is 6. The fourth-order valence-corrected chi connectivity index (χ4v) is 0. The van der Waals surface area contributed by atoms with Gasteiger partial charge in [-0.05, 0) is 17.8 Å². The van der Waals surface area contributed by atoms with Gasteiger partial charge in [-0.2, -0.15) is 0 Å². The molecule has 108 valence electrons. The van der Waals surface area contributed by atoms with Crippen LogP contribution in [0.25, 0.3) is 0 Å². The van der Waals surface area contributed by atoms with Gasteiger partial charge >= 0.3 is 27.3 Å². The quantitative estimate of drug-likeness (QED) is 0.436. The van der Waals surface area contributed by atoms with E-state index in [1.165, 1.54) is 0 Å². The maximum atomic E-state index is 9.59. The summed E-state index contributed by atoms with van der Waals surface area (Å²) in [5.41, 5.74) is 0. The number of carbonyl (C=O) groups is 3. The van der Waals surface area contributed by atoms with Crippen molar-refractivity contribution in [3.05, 3.63) is 0 Å². The molecule has 19 heavy (non-hydrogen) atoms. The topological polar surface area (TPSA) is 120 Å². The predicted octanol–water partition coefficient (Wildman–Crippen LogP) is -2.20. The fraction of sp³-hybridized carbons (Fsp3) is 0.750. The van der Waals surface area contributed by atoms with Crippen molar-refractivity contribution >= 4 is 45.2 Å². The number of aliphatic carboxylic acids is 3. The van der Waals surface area contributed by atoms with E-state index < -0.39 is 17.9 Å². The summed E-state index contributed by atoms with van der Waals surface area (Å²) in [5, 5.41) is 28.8. The maximum absolute atomic E-state index is 9.59. The normalized spacial score (nSPS) is 8.68. The zero-order valence-electron chi connectivity index (χ0n) is 12.3. The van der Waals surface area contributed by atoms with E-state index >= 15 is 0 Å². The van der Waals surface area contributed by atoms with E-state index in [0.717, 1.165) is 0 Å². The van der Waals surface area contributed by atoms with E-state index in [4.69, 9.17) is 0 Å². The molecular formula is C12H21O6Tl.